The maximum Gasteiger partial charge on any atom is 0.331 e. The predicted octanol–water partition coefficient (Wildman–Crippen LogP) is 3.48. The van der Waals surface area contributed by atoms with Crippen molar-refractivity contribution >= 4 is 40.3 Å². The van der Waals surface area contributed by atoms with Crippen molar-refractivity contribution in [2.75, 3.05) is 37.7 Å². The zero-order valence-corrected chi connectivity index (χ0v) is 18.7. The highest BCUT2D eigenvalue weighted by Gasteiger charge is 2.23. The monoisotopic (exact) mass is 461 g/mol. The third-order valence-electron chi connectivity index (χ3n) is 5.73. The standard InChI is InChI=1S/C26H24FN3O4/c1-18(31)21-7-9-23(22(27)16-21)29-12-14-30(15-13-29)24(32)17-34-25(33)10-8-20-5-2-4-19-6-3-11-28-26(19)20/h2-11,16H,12-15,17H2,1H3/b10-8-. The van der Waals surface area contributed by atoms with Crippen molar-refractivity contribution in [2.24, 2.45) is 0 Å². The molecule has 0 aliphatic carbocycles. The van der Waals surface area contributed by atoms with E-state index < -0.39 is 11.8 Å². The van der Waals surface area contributed by atoms with Crippen molar-refractivity contribution in [1.82, 2.24) is 9.88 Å². The smallest absolute Gasteiger partial charge is 0.331 e. The molecular formula is C26H24FN3O4. The lowest BCUT2D eigenvalue weighted by atomic mass is 10.1. The van der Waals surface area contributed by atoms with Crippen LogP contribution in [0.25, 0.3) is 17.0 Å². The van der Waals surface area contributed by atoms with E-state index in [2.05, 4.69) is 4.98 Å². The number of ketones is 1. The summed E-state index contributed by atoms with van der Waals surface area (Å²) in [7, 11) is 0. The number of carbonyl (C=O) groups excluding carboxylic acids is 3. The first-order valence-corrected chi connectivity index (χ1v) is 10.9. The molecule has 0 N–H and O–H groups in total. The number of hydrogen-bond acceptors (Lipinski definition) is 6. The number of halogens is 1. The van der Waals surface area contributed by atoms with Crippen LogP contribution in [0.15, 0.2) is 60.8 Å². The van der Waals surface area contributed by atoms with Gasteiger partial charge in [0.25, 0.3) is 5.91 Å². The summed E-state index contributed by atoms with van der Waals surface area (Å²) in [6, 6.07) is 13.9. The maximum atomic E-state index is 14.4. The van der Waals surface area contributed by atoms with Crippen molar-refractivity contribution < 1.29 is 23.5 Å². The van der Waals surface area contributed by atoms with Crippen LogP contribution in [0.4, 0.5) is 10.1 Å². The van der Waals surface area contributed by atoms with Crippen LogP contribution in [-0.2, 0) is 14.3 Å². The summed E-state index contributed by atoms with van der Waals surface area (Å²) in [6.07, 6.45) is 4.58. The lowest BCUT2D eigenvalue weighted by Crippen LogP contribution is -2.50. The van der Waals surface area contributed by atoms with Gasteiger partial charge in [-0.25, -0.2) is 9.18 Å². The Hall–Kier alpha value is -4.07. The molecule has 1 aliphatic rings. The molecule has 0 bridgehead atoms. The minimum atomic E-state index is -0.618. The zero-order valence-electron chi connectivity index (χ0n) is 18.7. The maximum absolute atomic E-state index is 14.4. The van der Waals surface area contributed by atoms with Gasteiger partial charge >= 0.3 is 5.97 Å². The molecule has 1 fully saturated rings. The highest BCUT2D eigenvalue weighted by Crippen LogP contribution is 2.22. The summed E-state index contributed by atoms with van der Waals surface area (Å²) in [5, 5.41) is 0.960. The van der Waals surface area contributed by atoms with Crippen molar-refractivity contribution in [2.45, 2.75) is 6.92 Å². The fourth-order valence-electron chi connectivity index (χ4n) is 3.87. The highest BCUT2D eigenvalue weighted by molar-refractivity contribution is 5.95. The van der Waals surface area contributed by atoms with E-state index in [0.717, 1.165) is 16.5 Å². The molecule has 34 heavy (non-hydrogen) atoms. The number of piperazine rings is 1. The van der Waals surface area contributed by atoms with Crippen molar-refractivity contribution in [3.05, 3.63) is 77.7 Å². The average molecular weight is 461 g/mol. The van der Waals surface area contributed by atoms with Crippen LogP contribution < -0.4 is 4.90 Å². The summed E-state index contributed by atoms with van der Waals surface area (Å²) in [4.78, 5) is 43.7. The van der Waals surface area contributed by atoms with Crippen LogP contribution in [0.5, 0.6) is 0 Å². The van der Waals surface area contributed by atoms with Gasteiger partial charge in [-0.2, -0.15) is 0 Å². The highest BCUT2D eigenvalue weighted by atomic mass is 19.1. The fraction of sp³-hybridized carbons (Fsp3) is 0.231. The number of carbonyl (C=O) groups is 3. The Kier molecular flexibility index (Phi) is 6.96. The molecular weight excluding hydrogens is 437 g/mol. The molecule has 1 aliphatic heterocycles. The molecule has 0 atom stereocenters. The van der Waals surface area contributed by atoms with Crippen LogP contribution in [-0.4, -0.2) is 60.3 Å². The first-order chi connectivity index (χ1) is 16.4. The number of ether oxygens (including phenoxy) is 1. The molecule has 2 heterocycles. The number of fused-ring (bicyclic) bond motifs is 1. The summed E-state index contributed by atoms with van der Waals surface area (Å²) in [5.74, 6) is -1.58. The van der Waals surface area contributed by atoms with Gasteiger partial charge in [0.15, 0.2) is 12.4 Å². The van der Waals surface area contributed by atoms with E-state index in [1.807, 2.05) is 35.2 Å². The van der Waals surface area contributed by atoms with Crippen molar-refractivity contribution in [1.29, 1.82) is 0 Å². The van der Waals surface area contributed by atoms with Gasteiger partial charge < -0.3 is 14.5 Å². The van der Waals surface area contributed by atoms with E-state index in [4.69, 9.17) is 4.74 Å². The normalized spacial score (nSPS) is 13.9. The Labute approximate surface area is 196 Å². The van der Waals surface area contributed by atoms with Crippen molar-refractivity contribution in [3.63, 3.8) is 0 Å². The molecule has 8 heteroatoms. The predicted molar refractivity (Wildman–Crippen MR) is 127 cm³/mol. The van der Waals surface area contributed by atoms with Crippen LogP contribution >= 0.6 is 0 Å². The lowest BCUT2D eigenvalue weighted by molar-refractivity contribution is -0.148. The minimum Gasteiger partial charge on any atom is -0.452 e. The van der Waals surface area contributed by atoms with Crippen molar-refractivity contribution in [3.8, 4) is 0 Å². The van der Waals surface area contributed by atoms with E-state index in [1.54, 1.807) is 29.3 Å². The number of esters is 1. The van der Waals surface area contributed by atoms with Gasteiger partial charge in [-0.3, -0.25) is 14.6 Å². The topological polar surface area (TPSA) is 79.8 Å². The molecule has 2 aromatic carbocycles. The molecule has 0 unspecified atom stereocenters. The summed E-state index contributed by atoms with van der Waals surface area (Å²) in [5.41, 5.74) is 2.27. The number of para-hydroxylation sites is 1. The first kappa shape index (κ1) is 23.1. The summed E-state index contributed by atoms with van der Waals surface area (Å²) in [6.45, 7) is 2.65. The van der Waals surface area contributed by atoms with Gasteiger partial charge in [-0.15, -0.1) is 0 Å². The van der Waals surface area contributed by atoms with Gasteiger partial charge in [0, 0.05) is 55.0 Å². The molecule has 0 saturated carbocycles. The molecule has 3 aromatic rings. The lowest BCUT2D eigenvalue weighted by Gasteiger charge is -2.36. The second-order valence-electron chi connectivity index (χ2n) is 7.95. The minimum absolute atomic E-state index is 0.195. The Balaban J connectivity index is 1.27. The quantitative estimate of drug-likeness (QED) is 0.318. The van der Waals surface area contributed by atoms with E-state index in [1.165, 1.54) is 19.1 Å². The summed E-state index contributed by atoms with van der Waals surface area (Å²) >= 11 is 0. The number of pyridine rings is 1. The number of hydrogen-bond donors (Lipinski definition) is 0. The molecule has 174 valence electrons. The molecule has 1 aromatic heterocycles. The number of rotatable bonds is 6. The Bertz CT molecular complexity index is 1260. The average Bonchev–Trinajstić information content (AvgIpc) is 2.86. The van der Waals surface area contributed by atoms with Crippen LogP contribution in [0.2, 0.25) is 0 Å². The van der Waals surface area contributed by atoms with Crippen LogP contribution in [0.3, 0.4) is 0 Å². The van der Waals surface area contributed by atoms with Gasteiger partial charge in [0.05, 0.1) is 11.2 Å². The third kappa shape index (κ3) is 5.28. The number of amides is 1. The molecule has 4 rings (SSSR count). The Morgan fingerprint density at radius 1 is 1.06 bits per heavy atom. The molecule has 1 amide bonds. The molecule has 0 radical (unpaired) electrons. The largest absolute Gasteiger partial charge is 0.452 e. The first-order valence-electron chi connectivity index (χ1n) is 10.9. The van der Waals surface area contributed by atoms with E-state index in [9.17, 15) is 18.8 Å². The second kappa shape index (κ2) is 10.2. The zero-order chi connectivity index (χ0) is 24.1. The third-order valence-corrected chi connectivity index (χ3v) is 5.73. The number of aromatic nitrogens is 1. The van der Waals surface area contributed by atoms with Crippen LogP contribution in [0, 0.1) is 5.82 Å². The van der Waals surface area contributed by atoms with E-state index in [0.29, 0.717) is 37.4 Å². The van der Waals surface area contributed by atoms with Gasteiger partial charge in [0.2, 0.25) is 0 Å². The summed E-state index contributed by atoms with van der Waals surface area (Å²) < 4.78 is 19.5. The Morgan fingerprint density at radius 2 is 1.82 bits per heavy atom. The van der Waals surface area contributed by atoms with Gasteiger partial charge in [-0.05, 0) is 37.3 Å². The van der Waals surface area contributed by atoms with E-state index >= 15 is 0 Å². The number of anilines is 1. The molecule has 0 spiro atoms. The Morgan fingerprint density at radius 3 is 2.56 bits per heavy atom. The van der Waals surface area contributed by atoms with Gasteiger partial charge in [0.1, 0.15) is 5.82 Å². The molecule has 1 saturated heterocycles. The van der Waals surface area contributed by atoms with Gasteiger partial charge in [-0.1, -0.05) is 24.3 Å². The SMILES string of the molecule is CC(=O)c1ccc(N2CCN(C(=O)COC(=O)/C=C\c3cccc4cccnc34)CC2)c(F)c1. The number of benzene rings is 2. The number of nitrogens with zero attached hydrogens (tertiary/aromatic N) is 3. The number of Topliss-reactive ketones (excluding diaryl/α,β-unsaturated/α-hetero) is 1. The molecule has 7 nitrogen and oxygen atoms in total. The second-order valence-corrected chi connectivity index (χ2v) is 7.95. The van der Waals surface area contributed by atoms with E-state index in [-0.39, 0.29) is 18.3 Å². The van der Waals surface area contributed by atoms with Crippen LogP contribution in [0.1, 0.15) is 22.8 Å². The fourth-order valence-corrected chi connectivity index (χ4v) is 3.87.